The molecule has 1 amide bonds. The zero-order valence-electron chi connectivity index (χ0n) is 12.3. The van der Waals surface area contributed by atoms with Crippen LogP contribution in [-0.2, 0) is 7.05 Å². The van der Waals surface area contributed by atoms with Gasteiger partial charge in [0, 0.05) is 57.0 Å². The second-order valence-electron chi connectivity index (χ2n) is 5.38. The van der Waals surface area contributed by atoms with Crippen molar-refractivity contribution in [3.63, 3.8) is 0 Å². The van der Waals surface area contributed by atoms with Crippen LogP contribution in [0.3, 0.4) is 0 Å². The number of amides is 1. The van der Waals surface area contributed by atoms with E-state index in [-0.39, 0.29) is 11.9 Å². The van der Waals surface area contributed by atoms with Gasteiger partial charge in [-0.05, 0) is 19.2 Å². The first kappa shape index (κ1) is 13.8. The van der Waals surface area contributed by atoms with Gasteiger partial charge in [0.1, 0.15) is 5.82 Å². The van der Waals surface area contributed by atoms with Crippen LogP contribution in [-0.4, -0.2) is 56.9 Å². The maximum Gasteiger partial charge on any atom is 0.254 e. The van der Waals surface area contributed by atoms with E-state index in [2.05, 4.69) is 21.9 Å². The minimum absolute atomic E-state index is 0.0599. The Morgan fingerprint density at radius 3 is 2.62 bits per heavy atom. The number of imidazole rings is 1. The van der Waals surface area contributed by atoms with Crippen LogP contribution < -0.4 is 0 Å². The van der Waals surface area contributed by atoms with E-state index in [1.54, 1.807) is 30.7 Å². The van der Waals surface area contributed by atoms with Gasteiger partial charge in [0.15, 0.2) is 0 Å². The van der Waals surface area contributed by atoms with Gasteiger partial charge in [0.05, 0.1) is 6.04 Å². The van der Waals surface area contributed by atoms with Gasteiger partial charge < -0.3 is 9.47 Å². The topological polar surface area (TPSA) is 54.3 Å². The standard InChI is InChI=1S/C15H19N5O/c1-18-9-10-20(15(21)12-3-5-16-6-4-12)11-13(18)14-17-7-8-19(14)2/h3-8,13H,9-11H2,1-2H3. The monoisotopic (exact) mass is 285 g/mol. The predicted octanol–water partition coefficient (Wildman–Crippen LogP) is 0.944. The Hall–Kier alpha value is -2.21. The first-order valence-electron chi connectivity index (χ1n) is 7.03. The summed E-state index contributed by atoms with van der Waals surface area (Å²) in [5, 5.41) is 0. The molecule has 6 nitrogen and oxygen atoms in total. The van der Waals surface area contributed by atoms with Crippen LogP contribution in [0, 0.1) is 0 Å². The Kier molecular flexibility index (Phi) is 3.70. The smallest absolute Gasteiger partial charge is 0.254 e. The number of hydrogen-bond acceptors (Lipinski definition) is 4. The number of pyridine rings is 1. The summed E-state index contributed by atoms with van der Waals surface area (Å²) in [7, 11) is 4.06. The molecule has 0 radical (unpaired) electrons. The van der Waals surface area contributed by atoms with Gasteiger partial charge in [-0.2, -0.15) is 0 Å². The second kappa shape index (κ2) is 5.65. The van der Waals surface area contributed by atoms with Crippen LogP contribution >= 0.6 is 0 Å². The van der Waals surface area contributed by atoms with Gasteiger partial charge in [-0.15, -0.1) is 0 Å². The molecule has 6 heteroatoms. The molecule has 1 aliphatic heterocycles. The van der Waals surface area contributed by atoms with Crippen molar-refractivity contribution in [2.45, 2.75) is 6.04 Å². The van der Waals surface area contributed by atoms with Crippen LogP contribution in [0.1, 0.15) is 22.2 Å². The molecule has 1 atom stereocenters. The molecule has 1 fully saturated rings. The van der Waals surface area contributed by atoms with E-state index < -0.39 is 0 Å². The van der Waals surface area contributed by atoms with E-state index >= 15 is 0 Å². The average Bonchev–Trinajstić information content (AvgIpc) is 2.94. The molecule has 0 saturated carbocycles. The van der Waals surface area contributed by atoms with Crippen molar-refractivity contribution >= 4 is 5.91 Å². The van der Waals surface area contributed by atoms with Gasteiger partial charge in [-0.1, -0.05) is 0 Å². The molecule has 1 unspecified atom stereocenters. The lowest BCUT2D eigenvalue weighted by Gasteiger charge is -2.39. The number of likely N-dealkylation sites (N-methyl/N-ethyl adjacent to an activating group) is 1. The molecule has 0 aromatic carbocycles. The molecule has 21 heavy (non-hydrogen) atoms. The zero-order chi connectivity index (χ0) is 14.8. The number of aromatic nitrogens is 3. The highest BCUT2D eigenvalue weighted by Gasteiger charge is 2.30. The normalized spacial score (nSPS) is 19.7. The Morgan fingerprint density at radius 1 is 1.19 bits per heavy atom. The van der Waals surface area contributed by atoms with Crippen LogP contribution in [0.15, 0.2) is 36.9 Å². The first-order chi connectivity index (χ1) is 10.2. The minimum Gasteiger partial charge on any atom is -0.337 e. The molecule has 3 rings (SSSR count). The molecule has 1 saturated heterocycles. The summed E-state index contributed by atoms with van der Waals surface area (Å²) in [6.45, 7) is 2.23. The fourth-order valence-electron chi connectivity index (χ4n) is 2.71. The summed E-state index contributed by atoms with van der Waals surface area (Å²) in [6.07, 6.45) is 7.04. The lowest BCUT2D eigenvalue weighted by atomic mass is 10.1. The Balaban J connectivity index is 1.80. The number of carbonyl (C=O) groups is 1. The van der Waals surface area contributed by atoms with Gasteiger partial charge in [0.2, 0.25) is 0 Å². The number of aryl methyl sites for hydroxylation is 1. The number of hydrogen-bond donors (Lipinski definition) is 0. The van der Waals surface area contributed by atoms with E-state index in [4.69, 9.17) is 0 Å². The van der Waals surface area contributed by atoms with Crippen molar-refractivity contribution in [3.05, 3.63) is 48.3 Å². The lowest BCUT2D eigenvalue weighted by Crippen LogP contribution is -2.49. The quantitative estimate of drug-likeness (QED) is 0.824. The molecule has 110 valence electrons. The average molecular weight is 285 g/mol. The zero-order valence-corrected chi connectivity index (χ0v) is 12.3. The lowest BCUT2D eigenvalue weighted by molar-refractivity contribution is 0.0528. The Morgan fingerprint density at radius 2 is 1.95 bits per heavy atom. The highest BCUT2D eigenvalue weighted by molar-refractivity contribution is 5.94. The molecule has 3 heterocycles. The van der Waals surface area contributed by atoms with Gasteiger partial charge in [0.25, 0.3) is 5.91 Å². The van der Waals surface area contributed by atoms with Crippen molar-refractivity contribution < 1.29 is 4.79 Å². The molecule has 2 aromatic heterocycles. The largest absolute Gasteiger partial charge is 0.337 e. The number of rotatable bonds is 2. The maximum atomic E-state index is 12.6. The van der Waals surface area contributed by atoms with Gasteiger partial charge in [-0.25, -0.2) is 4.98 Å². The fourth-order valence-corrected chi connectivity index (χ4v) is 2.71. The van der Waals surface area contributed by atoms with Crippen molar-refractivity contribution in [1.82, 2.24) is 24.3 Å². The van der Waals surface area contributed by atoms with Crippen LogP contribution in [0.2, 0.25) is 0 Å². The fraction of sp³-hybridized carbons (Fsp3) is 0.400. The van der Waals surface area contributed by atoms with Crippen molar-refractivity contribution in [2.24, 2.45) is 7.05 Å². The summed E-state index contributed by atoms with van der Waals surface area (Å²) < 4.78 is 2.02. The summed E-state index contributed by atoms with van der Waals surface area (Å²) in [5.74, 6) is 1.05. The van der Waals surface area contributed by atoms with Crippen LogP contribution in [0.25, 0.3) is 0 Å². The Labute approximate surface area is 124 Å². The molecule has 2 aromatic rings. The molecule has 0 aliphatic carbocycles. The molecule has 1 aliphatic rings. The van der Waals surface area contributed by atoms with E-state index in [9.17, 15) is 4.79 Å². The molecule has 0 bridgehead atoms. The number of nitrogens with zero attached hydrogens (tertiary/aromatic N) is 5. The number of piperazine rings is 1. The first-order valence-corrected chi connectivity index (χ1v) is 7.03. The minimum atomic E-state index is 0.0599. The third kappa shape index (κ3) is 2.67. The molecule has 0 N–H and O–H groups in total. The van der Waals surface area contributed by atoms with E-state index in [0.29, 0.717) is 12.1 Å². The molecular formula is C15H19N5O. The van der Waals surface area contributed by atoms with Crippen LogP contribution in [0.4, 0.5) is 0 Å². The molecule has 0 spiro atoms. The summed E-state index contributed by atoms with van der Waals surface area (Å²) >= 11 is 0. The second-order valence-corrected chi connectivity index (χ2v) is 5.38. The summed E-state index contributed by atoms with van der Waals surface area (Å²) in [4.78, 5) is 25.1. The van der Waals surface area contributed by atoms with Gasteiger partial charge >= 0.3 is 0 Å². The van der Waals surface area contributed by atoms with Crippen molar-refractivity contribution in [1.29, 1.82) is 0 Å². The maximum absolute atomic E-state index is 12.6. The van der Waals surface area contributed by atoms with E-state index in [1.165, 1.54) is 0 Å². The third-order valence-electron chi connectivity index (χ3n) is 4.02. The Bertz CT molecular complexity index is 624. The highest BCUT2D eigenvalue weighted by Crippen LogP contribution is 2.23. The van der Waals surface area contributed by atoms with E-state index in [0.717, 1.165) is 18.9 Å². The van der Waals surface area contributed by atoms with Crippen LogP contribution in [0.5, 0.6) is 0 Å². The predicted molar refractivity (Wildman–Crippen MR) is 78.7 cm³/mol. The third-order valence-corrected chi connectivity index (χ3v) is 4.02. The number of carbonyl (C=O) groups excluding carboxylic acids is 1. The molecular weight excluding hydrogens is 266 g/mol. The van der Waals surface area contributed by atoms with Gasteiger partial charge in [-0.3, -0.25) is 14.7 Å². The van der Waals surface area contributed by atoms with Crippen molar-refractivity contribution in [3.8, 4) is 0 Å². The van der Waals surface area contributed by atoms with E-state index in [1.807, 2.05) is 22.7 Å². The summed E-state index contributed by atoms with van der Waals surface area (Å²) in [6, 6.07) is 3.65. The SMILES string of the molecule is CN1CCN(C(=O)c2ccncc2)CC1c1nccn1C. The van der Waals surface area contributed by atoms with Crippen molar-refractivity contribution in [2.75, 3.05) is 26.7 Å². The summed E-state index contributed by atoms with van der Waals surface area (Å²) in [5.41, 5.74) is 0.688. The highest BCUT2D eigenvalue weighted by atomic mass is 16.2.